The summed E-state index contributed by atoms with van der Waals surface area (Å²) in [6, 6.07) is 16.5. The van der Waals surface area contributed by atoms with Crippen LogP contribution in [-0.2, 0) is 9.53 Å². The normalized spacial score (nSPS) is 16.4. The van der Waals surface area contributed by atoms with E-state index in [0.717, 1.165) is 5.75 Å². The Morgan fingerprint density at radius 3 is 2.54 bits per heavy atom. The van der Waals surface area contributed by atoms with E-state index < -0.39 is 12.1 Å². The lowest BCUT2D eigenvalue weighted by Gasteiger charge is -2.32. The maximum atomic E-state index is 12.9. The Kier molecular flexibility index (Phi) is 6.86. The average molecular weight is 385 g/mol. The number of para-hydroxylation sites is 2. The van der Waals surface area contributed by atoms with Crippen LogP contribution in [0.3, 0.4) is 0 Å². The number of hydrogen-bond acceptors (Lipinski definition) is 5. The second-order valence-electron chi connectivity index (χ2n) is 6.35. The van der Waals surface area contributed by atoms with Gasteiger partial charge in [0.25, 0.3) is 5.91 Å². The van der Waals surface area contributed by atoms with Crippen LogP contribution in [0.4, 0.5) is 0 Å². The minimum Gasteiger partial charge on any atom is -0.490 e. The molecule has 1 N–H and O–H groups in total. The van der Waals surface area contributed by atoms with E-state index in [4.69, 9.17) is 19.3 Å². The largest absolute Gasteiger partial charge is 0.490 e. The van der Waals surface area contributed by atoms with Crippen molar-refractivity contribution >= 4 is 11.9 Å². The second kappa shape index (κ2) is 9.75. The molecule has 1 atom stereocenters. The fourth-order valence-corrected chi connectivity index (χ4v) is 2.99. The zero-order chi connectivity index (χ0) is 19.8. The minimum absolute atomic E-state index is 0.126. The number of rotatable bonds is 8. The van der Waals surface area contributed by atoms with Gasteiger partial charge in [-0.05, 0) is 24.3 Å². The molecule has 0 spiro atoms. The van der Waals surface area contributed by atoms with Gasteiger partial charge in [0, 0.05) is 13.1 Å². The predicted octanol–water partition coefficient (Wildman–Crippen LogP) is 2.46. The van der Waals surface area contributed by atoms with Crippen LogP contribution in [0.2, 0.25) is 0 Å². The van der Waals surface area contributed by atoms with Crippen molar-refractivity contribution in [2.45, 2.75) is 12.5 Å². The van der Waals surface area contributed by atoms with E-state index in [9.17, 15) is 9.59 Å². The van der Waals surface area contributed by atoms with Crippen LogP contribution >= 0.6 is 0 Å². The molecule has 3 rings (SSSR count). The monoisotopic (exact) mass is 385 g/mol. The molecule has 1 saturated heterocycles. The van der Waals surface area contributed by atoms with Gasteiger partial charge in [0.15, 0.2) is 0 Å². The highest BCUT2D eigenvalue weighted by Crippen LogP contribution is 2.22. The molecule has 0 bridgehead atoms. The molecule has 0 radical (unpaired) electrons. The number of carboxylic acids is 1. The first-order chi connectivity index (χ1) is 13.6. The Hall–Kier alpha value is -3.06. The van der Waals surface area contributed by atoms with Gasteiger partial charge in [0.2, 0.25) is 0 Å². The van der Waals surface area contributed by atoms with E-state index >= 15 is 0 Å². The minimum atomic E-state index is -0.943. The zero-order valence-electron chi connectivity index (χ0n) is 15.5. The summed E-state index contributed by atoms with van der Waals surface area (Å²) in [5.74, 6) is 0.0957. The highest BCUT2D eigenvalue weighted by molar-refractivity contribution is 5.97. The van der Waals surface area contributed by atoms with Crippen LogP contribution in [0.1, 0.15) is 16.8 Å². The summed E-state index contributed by atoms with van der Waals surface area (Å²) in [5.41, 5.74) is 0.443. The summed E-state index contributed by atoms with van der Waals surface area (Å²) in [5, 5.41) is 8.94. The number of benzene rings is 2. The average Bonchev–Trinajstić information content (AvgIpc) is 2.71. The fourth-order valence-electron chi connectivity index (χ4n) is 2.99. The molecule has 0 aromatic heterocycles. The van der Waals surface area contributed by atoms with Crippen LogP contribution in [-0.4, -0.2) is 60.9 Å². The van der Waals surface area contributed by atoms with Crippen molar-refractivity contribution in [3.63, 3.8) is 0 Å². The molecule has 1 heterocycles. The van der Waals surface area contributed by atoms with E-state index in [1.54, 1.807) is 29.2 Å². The fraction of sp³-hybridized carbons (Fsp3) is 0.333. The van der Waals surface area contributed by atoms with Gasteiger partial charge in [-0.1, -0.05) is 30.3 Å². The predicted molar refractivity (Wildman–Crippen MR) is 102 cm³/mol. The molecule has 1 amide bonds. The van der Waals surface area contributed by atoms with Crippen molar-refractivity contribution in [1.82, 2.24) is 4.90 Å². The summed E-state index contributed by atoms with van der Waals surface area (Å²) in [7, 11) is 0. The lowest BCUT2D eigenvalue weighted by atomic mass is 10.1. The molecule has 0 unspecified atom stereocenters. The van der Waals surface area contributed by atoms with E-state index in [2.05, 4.69) is 0 Å². The van der Waals surface area contributed by atoms with Gasteiger partial charge in [-0.2, -0.15) is 0 Å². The highest BCUT2D eigenvalue weighted by atomic mass is 16.5. The van der Waals surface area contributed by atoms with Crippen LogP contribution in [0.5, 0.6) is 11.5 Å². The Morgan fingerprint density at radius 2 is 1.75 bits per heavy atom. The first-order valence-electron chi connectivity index (χ1n) is 9.16. The van der Waals surface area contributed by atoms with E-state index in [0.29, 0.717) is 37.7 Å². The third kappa shape index (κ3) is 5.47. The number of aliphatic carboxylic acids is 1. The van der Waals surface area contributed by atoms with Gasteiger partial charge in [-0.25, -0.2) is 0 Å². The van der Waals surface area contributed by atoms with Crippen molar-refractivity contribution in [1.29, 1.82) is 0 Å². The van der Waals surface area contributed by atoms with Gasteiger partial charge in [0.1, 0.15) is 24.7 Å². The number of nitrogens with zero attached hydrogens (tertiary/aromatic N) is 1. The van der Waals surface area contributed by atoms with Crippen LogP contribution in [0.25, 0.3) is 0 Å². The molecule has 1 aliphatic heterocycles. The van der Waals surface area contributed by atoms with E-state index in [-0.39, 0.29) is 18.9 Å². The summed E-state index contributed by atoms with van der Waals surface area (Å²) in [4.78, 5) is 25.4. The van der Waals surface area contributed by atoms with Crippen molar-refractivity contribution in [2.75, 3.05) is 32.9 Å². The van der Waals surface area contributed by atoms with Crippen molar-refractivity contribution in [2.24, 2.45) is 0 Å². The molecular formula is C21H23NO6. The Labute approximate surface area is 163 Å². The lowest BCUT2D eigenvalue weighted by Crippen LogP contribution is -2.46. The maximum Gasteiger partial charge on any atom is 0.306 e. The first kappa shape index (κ1) is 19.7. The molecule has 1 aliphatic rings. The number of carboxylic acid groups (broad SMARTS) is 1. The highest BCUT2D eigenvalue weighted by Gasteiger charge is 2.28. The van der Waals surface area contributed by atoms with E-state index in [1.165, 1.54) is 0 Å². The van der Waals surface area contributed by atoms with E-state index in [1.807, 2.05) is 30.3 Å². The number of carbonyl (C=O) groups excluding carboxylic acids is 1. The Balaban J connectivity index is 1.58. The number of morpholine rings is 1. The number of carbonyl (C=O) groups is 2. The zero-order valence-corrected chi connectivity index (χ0v) is 15.5. The number of amides is 1. The number of ether oxygens (including phenoxy) is 3. The Bertz CT molecular complexity index is 794. The summed E-state index contributed by atoms with van der Waals surface area (Å²) >= 11 is 0. The first-order valence-corrected chi connectivity index (χ1v) is 9.16. The molecule has 28 heavy (non-hydrogen) atoms. The third-order valence-corrected chi connectivity index (χ3v) is 4.30. The number of hydrogen-bond donors (Lipinski definition) is 1. The summed E-state index contributed by atoms with van der Waals surface area (Å²) in [6.45, 7) is 1.63. The molecule has 2 aromatic rings. The van der Waals surface area contributed by atoms with Crippen LogP contribution in [0.15, 0.2) is 54.6 Å². The molecular weight excluding hydrogens is 362 g/mol. The molecule has 1 fully saturated rings. The standard InChI is InChI=1S/C21H23NO6/c23-20(24)14-17-15-22(10-11-26-17)21(25)18-8-4-5-9-19(18)28-13-12-27-16-6-2-1-3-7-16/h1-9,17H,10-15H2,(H,23,24)/t17-/m1/s1. The molecule has 0 saturated carbocycles. The summed E-state index contributed by atoms with van der Waals surface area (Å²) < 4.78 is 16.8. The third-order valence-electron chi connectivity index (χ3n) is 4.30. The molecule has 148 valence electrons. The summed E-state index contributed by atoms with van der Waals surface area (Å²) in [6.07, 6.45) is -0.624. The van der Waals surface area contributed by atoms with Crippen molar-refractivity contribution in [3.8, 4) is 11.5 Å². The van der Waals surface area contributed by atoms with Gasteiger partial charge >= 0.3 is 5.97 Å². The second-order valence-corrected chi connectivity index (χ2v) is 6.35. The van der Waals surface area contributed by atoms with Gasteiger partial charge < -0.3 is 24.2 Å². The molecule has 7 heteroatoms. The van der Waals surface area contributed by atoms with Gasteiger partial charge in [0.05, 0.1) is 24.7 Å². The van der Waals surface area contributed by atoms with Gasteiger partial charge in [-0.15, -0.1) is 0 Å². The molecule has 0 aliphatic carbocycles. The molecule has 2 aromatic carbocycles. The lowest BCUT2D eigenvalue weighted by molar-refractivity contribution is -0.141. The Morgan fingerprint density at radius 1 is 1.04 bits per heavy atom. The maximum absolute atomic E-state index is 12.9. The SMILES string of the molecule is O=C(O)C[C@@H]1CN(C(=O)c2ccccc2OCCOc2ccccc2)CCO1. The smallest absolute Gasteiger partial charge is 0.306 e. The molecule has 7 nitrogen and oxygen atoms in total. The van der Waals surface area contributed by atoms with Gasteiger partial charge in [-0.3, -0.25) is 9.59 Å². The van der Waals surface area contributed by atoms with Crippen LogP contribution < -0.4 is 9.47 Å². The quantitative estimate of drug-likeness (QED) is 0.703. The topological polar surface area (TPSA) is 85.3 Å². The van der Waals surface area contributed by atoms with Crippen molar-refractivity contribution in [3.05, 3.63) is 60.2 Å². The van der Waals surface area contributed by atoms with Crippen LogP contribution in [0, 0.1) is 0 Å². The van der Waals surface area contributed by atoms with Crippen molar-refractivity contribution < 1.29 is 28.9 Å².